The molecule has 2 aromatic carbocycles. The topological polar surface area (TPSA) is 70.2 Å². The molecule has 2 bridgehead atoms. The van der Waals surface area contributed by atoms with Gasteiger partial charge in [-0.25, -0.2) is 4.39 Å². The molecule has 226 valence electrons. The van der Waals surface area contributed by atoms with Crippen LogP contribution in [-0.2, 0) is 9.59 Å². The van der Waals surface area contributed by atoms with Gasteiger partial charge in [-0.2, -0.15) is 0 Å². The van der Waals surface area contributed by atoms with E-state index in [0.29, 0.717) is 34.0 Å². The number of fused-ring (bicyclic) bond motifs is 3. The third-order valence-corrected chi connectivity index (χ3v) is 12.1. The summed E-state index contributed by atoms with van der Waals surface area (Å²) in [6.45, 7) is 4.66. The fourth-order valence-corrected chi connectivity index (χ4v) is 9.47. The third kappa shape index (κ3) is 5.05. The highest BCUT2D eigenvalue weighted by Gasteiger charge is 2.58. The average molecular weight is 615 g/mol. The lowest BCUT2D eigenvalue weighted by Gasteiger charge is -2.56. The Bertz CT molecular complexity index is 1330. The van der Waals surface area contributed by atoms with Crippen LogP contribution in [0.1, 0.15) is 107 Å². The highest BCUT2D eigenvalue weighted by atomic mass is 35.5. The van der Waals surface area contributed by atoms with Crippen molar-refractivity contribution >= 4 is 41.2 Å². The maximum atomic E-state index is 16.0. The van der Waals surface area contributed by atoms with Crippen LogP contribution in [0.4, 0.5) is 10.1 Å². The molecule has 1 aliphatic heterocycles. The first-order valence-corrected chi connectivity index (χ1v) is 16.4. The third-order valence-electron chi connectivity index (χ3n) is 11.6. The van der Waals surface area contributed by atoms with Crippen LogP contribution < -0.4 is 16.0 Å². The summed E-state index contributed by atoms with van der Waals surface area (Å²) in [5.41, 5.74) is 1.60. The fourth-order valence-electron chi connectivity index (χ4n) is 9.12. The van der Waals surface area contributed by atoms with E-state index in [1.165, 1.54) is 0 Å². The number of hydrogen-bond donors (Lipinski definition) is 3. The highest BCUT2D eigenvalue weighted by molar-refractivity contribution is 6.31. The van der Waals surface area contributed by atoms with E-state index in [1.54, 1.807) is 24.3 Å². The van der Waals surface area contributed by atoms with E-state index >= 15 is 4.39 Å². The maximum absolute atomic E-state index is 16.0. The van der Waals surface area contributed by atoms with Crippen molar-refractivity contribution in [2.45, 2.75) is 113 Å². The average Bonchev–Trinajstić information content (AvgIpc) is 3.29. The molecule has 5 aliphatic rings. The zero-order valence-electron chi connectivity index (χ0n) is 24.6. The van der Waals surface area contributed by atoms with E-state index in [4.69, 9.17) is 23.2 Å². The SMILES string of the molecule is CC(C)C12CCC(NC(=O)C3NC4(CCCCC4)C(c4ccc(Cl)cc4NC=O)[C@H]3c3cccc(Cl)c3F)(CC1)CC2. The second-order valence-corrected chi connectivity index (χ2v) is 14.6. The molecule has 0 radical (unpaired) electrons. The van der Waals surface area contributed by atoms with Crippen LogP contribution >= 0.6 is 23.2 Å². The van der Waals surface area contributed by atoms with Crippen molar-refractivity contribution in [2.24, 2.45) is 11.3 Å². The number of amides is 2. The van der Waals surface area contributed by atoms with E-state index in [9.17, 15) is 9.59 Å². The second-order valence-electron chi connectivity index (χ2n) is 13.8. The molecule has 4 saturated carbocycles. The number of nitrogens with one attached hydrogen (secondary N) is 3. The van der Waals surface area contributed by atoms with Crippen molar-refractivity contribution < 1.29 is 14.0 Å². The molecule has 1 spiro atoms. The fraction of sp³-hybridized carbons (Fsp3) is 0.588. The van der Waals surface area contributed by atoms with E-state index in [2.05, 4.69) is 29.8 Å². The Morgan fingerprint density at radius 3 is 2.31 bits per heavy atom. The van der Waals surface area contributed by atoms with Crippen molar-refractivity contribution in [1.29, 1.82) is 0 Å². The molecule has 3 atom stereocenters. The summed E-state index contributed by atoms with van der Waals surface area (Å²) < 4.78 is 16.0. The van der Waals surface area contributed by atoms with Gasteiger partial charge in [0.15, 0.2) is 0 Å². The van der Waals surface area contributed by atoms with E-state index < -0.39 is 23.3 Å². The smallest absolute Gasteiger partial charge is 0.238 e. The van der Waals surface area contributed by atoms with Gasteiger partial charge in [0.1, 0.15) is 5.82 Å². The predicted octanol–water partition coefficient (Wildman–Crippen LogP) is 8.11. The monoisotopic (exact) mass is 613 g/mol. The molecule has 2 unspecified atom stereocenters. The molecule has 1 heterocycles. The van der Waals surface area contributed by atoms with Crippen LogP contribution in [0, 0.1) is 17.2 Å². The second kappa shape index (κ2) is 11.4. The van der Waals surface area contributed by atoms with Crippen LogP contribution in [0.2, 0.25) is 10.0 Å². The molecular formula is C34H42Cl2FN3O2. The van der Waals surface area contributed by atoms with Gasteiger partial charge in [0, 0.05) is 33.6 Å². The minimum atomic E-state index is -0.658. The van der Waals surface area contributed by atoms with E-state index in [-0.39, 0.29) is 22.4 Å². The van der Waals surface area contributed by atoms with Crippen LogP contribution in [-0.4, -0.2) is 29.4 Å². The van der Waals surface area contributed by atoms with E-state index in [0.717, 1.165) is 76.2 Å². The Balaban J connectivity index is 1.44. The standard InChI is InChI=1S/C34H42Cl2FN3O2/c1-21(2)32-13-16-33(17-14-32,18-15-32)40-31(42)30-27(24-7-6-8-25(36)29(24)37)28(34(39-30)11-4-3-5-12-34)23-10-9-22(35)19-26(23)38-20-41/h6-10,19-21,27-28,30,39H,3-5,11-18H2,1-2H3,(H,38,41)(H,40,42)/t27-,28?,30?,32?,33?/m1/s1. The molecule has 1 saturated heterocycles. The largest absolute Gasteiger partial charge is 0.349 e. The Morgan fingerprint density at radius 1 is 0.976 bits per heavy atom. The van der Waals surface area contributed by atoms with Crippen LogP contribution in [0.15, 0.2) is 36.4 Å². The van der Waals surface area contributed by atoms with Gasteiger partial charge in [0.2, 0.25) is 12.3 Å². The zero-order valence-corrected chi connectivity index (χ0v) is 26.1. The first-order chi connectivity index (χ1) is 20.1. The van der Waals surface area contributed by atoms with Gasteiger partial charge in [0.05, 0.1) is 11.1 Å². The first-order valence-electron chi connectivity index (χ1n) is 15.7. The molecule has 2 aromatic rings. The van der Waals surface area contributed by atoms with Gasteiger partial charge in [-0.1, -0.05) is 74.5 Å². The molecule has 5 fully saturated rings. The lowest BCUT2D eigenvalue weighted by molar-refractivity contribution is -0.128. The van der Waals surface area contributed by atoms with Gasteiger partial charge in [-0.15, -0.1) is 0 Å². The number of anilines is 1. The molecule has 3 N–H and O–H groups in total. The summed E-state index contributed by atoms with van der Waals surface area (Å²) in [5.74, 6) is -0.738. The van der Waals surface area contributed by atoms with Gasteiger partial charge in [-0.05, 0) is 92.0 Å². The van der Waals surface area contributed by atoms with Gasteiger partial charge in [-0.3, -0.25) is 14.9 Å². The Morgan fingerprint density at radius 2 is 1.67 bits per heavy atom. The number of rotatable bonds is 7. The lowest BCUT2D eigenvalue weighted by Crippen LogP contribution is -2.61. The molecule has 5 nitrogen and oxygen atoms in total. The van der Waals surface area contributed by atoms with Crippen molar-refractivity contribution in [3.8, 4) is 0 Å². The quantitative estimate of drug-likeness (QED) is 0.276. The normalized spacial score (nSPS) is 31.8. The Labute approximate surface area is 258 Å². The van der Waals surface area contributed by atoms with Crippen LogP contribution in [0.5, 0.6) is 0 Å². The minimum absolute atomic E-state index is 0.0422. The number of hydrogen-bond acceptors (Lipinski definition) is 3. The number of carbonyl (C=O) groups is 2. The van der Waals surface area contributed by atoms with Gasteiger partial charge in [0.25, 0.3) is 0 Å². The highest BCUT2D eigenvalue weighted by Crippen LogP contribution is 2.58. The van der Waals surface area contributed by atoms with Gasteiger partial charge < -0.3 is 10.6 Å². The maximum Gasteiger partial charge on any atom is 0.238 e. The molecule has 0 aromatic heterocycles. The van der Waals surface area contributed by atoms with Crippen molar-refractivity contribution in [3.05, 3.63) is 63.4 Å². The summed E-state index contributed by atoms with van der Waals surface area (Å²) in [6.07, 6.45) is 11.8. The summed E-state index contributed by atoms with van der Waals surface area (Å²) in [7, 11) is 0. The van der Waals surface area contributed by atoms with E-state index in [1.807, 2.05) is 12.1 Å². The van der Waals surface area contributed by atoms with Gasteiger partial charge >= 0.3 is 0 Å². The molecular weight excluding hydrogens is 572 g/mol. The summed E-state index contributed by atoms with van der Waals surface area (Å²) in [6, 6.07) is 9.90. The Kier molecular flexibility index (Phi) is 8.12. The molecule has 2 amide bonds. The number of carbonyl (C=O) groups excluding carboxylic acids is 2. The Hall–Kier alpha value is -2.15. The number of benzene rings is 2. The van der Waals surface area contributed by atoms with Crippen molar-refractivity contribution in [3.63, 3.8) is 0 Å². The predicted molar refractivity (Wildman–Crippen MR) is 167 cm³/mol. The van der Waals surface area contributed by atoms with Crippen molar-refractivity contribution in [1.82, 2.24) is 10.6 Å². The van der Waals surface area contributed by atoms with Crippen LogP contribution in [0.25, 0.3) is 0 Å². The van der Waals surface area contributed by atoms with Crippen molar-refractivity contribution in [2.75, 3.05) is 5.32 Å². The molecule has 8 heteroatoms. The number of halogens is 3. The molecule has 4 aliphatic carbocycles. The molecule has 7 rings (SSSR count). The molecule has 42 heavy (non-hydrogen) atoms. The first kappa shape index (κ1) is 29.9. The van der Waals surface area contributed by atoms with Crippen LogP contribution in [0.3, 0.4) is 0 Å². The zero-order chi connectivity index (χ0) is 29.7. The summed E-state index contributed by atoms with van der Waals surface area (Å²) in [4.78, 5) is 26.2. The lowest BCUT2D eigenvalue weighted by atomic mass is 9.53. The summed E-state index contributed by atoms with van der Waals surface area (Å²) >= 11 is 12.7. The summed E-state index contributed by atoms with van der Waals surface area (Å²) in [5, 5.41) is 10.8. The minimum Gasteiger partial charge on any atom is -0.349 e.